The fraction of sp³-hybridized carbons (Fsp3) is 0.304. The maximum absolute atomic E-state index is 12.4. The van der Waals surface area contributed by atoms with Gasteiger partial charge in [0.15, 0.2) is 0 Å². The number of likely N-dealkylation sites (tertiary alicyclic amines) is 1. The van der Waals surface area contributed by atoms with Gasteiger partial charge in [-0.2, -0.15) is 0 Å². The minimum absolute atomic E-state index is 0.0465. The largest absolute Gasteiger partial charge is 0.465 e. The number of carbonyl (C=O) groups is 2. The van der Waals surface area contributed by atoms with Crippen LogP contribution in [0.15, 0.2) is 60.7 Å². The van der Waals surface area contributed by atoms with Crippen LogP contribution in [-0.2, 0) is 16.0 Å². The molecule has 1 amide bonds. The first-order valence-electron chi connectivity index (χ1n) is 9.35. The highest BCUT2D eigenvalue weighted by Crippen LogP contribution is 2.22. The van der Waals surface area contributed by atoms with Gasteiger partial charge in [0.2, 0.25) is 5.91 Å². The van der Waals surface area contributed by atoms with E-state index < -0.39 is 0 Å². The molecule has 1 saturated heterocycles. The second-order valence-corrected chi connectivity index (χ2v) is 6.91. The van der Waals surface area contributed by atoms with E-state index in [9.17, 15) is 9.59 Å². The standard InChI is InChI=1S/C23H25NO3/c1-27-23(26)21-10-7-18(8-11-21)9-12-22(25)24-15-13-20(14-16-24)17-19-5-3-2-4-6-19/h2-12,20H,13-17H2,1H3/b12-9+. The maximum Gasteiger partial charge on any atom is 0.337 e. The quantitative estimate of drug-likeness (QED) is 0.596. The molecule has 1 fully saturated rings. The topological polar surface area (TPSA) is 46.6 Å². The SMILES string of the molecule is COC(=O)c1ccc(/C=C/C(=O)N2CCC(Cc3ccccc3)CC2)cc1. The first-order valence-corrected chi connectivity index (χ1v) is 9.35. The van der Waals surface area contributed by atoms with Crippen molar-refractivity contribution in [3.63, 3.8) is 0 Å². The molecule has 2 aromatic rings. The molecule has 0 spiro atoms. The maximum atomic E-state index is 12.4. The van der Waals surface area contributed by atoms with Crippen molar-refractivity contribution in [3.8, 4) is 0 Å². The monoisotopic (exact) mass is 363 g/mol. The fourth-order valence-corrected chi connectivity index (χ4v) is 3.43. The van der Waals surface area contributed by atoms with Gasteiger partial charge in [0, 0.05) is 19.2 Å². The van der Waals surface area contributed by atoms with Crippen LogP contribution in [-0.4, -0.2) is 37.0 Å². The van der Waals surface area contributed by atoms with Crippen LogP contribution in [0.25, 0.3) is 6.08 Å². The molecule has 2 aromatic carbocycles. The number of piperidine rings is 1. The summed E-state index contributed by atoms with van der Waals surface area (Å²) in [5.74, 6) is 0.330. The lowest BCUT2D eigenvalue weighted by Gasteiger charge is -2.31. The van der Waals surface area contributed by atoms with Crippen LogP contribution in [0, 0.1) is 5.92 Å². The first-order chi connectivity index (χ1) is 13.2. The molecule has 0 atom stereocenters. The average Bonchev–Trinajstić information content (AvgIpc) is 2.73. The highest BCUT2D eigenvalue weighted by Gasteiger charge is 2.21. The van der Waals surface area contributed by atoms with E-state index in [1.54, 1.807) is 24.3 Å². The molecule has 0 aromatic heterocycles. The molecule has 0 unspecified atom stereocenters. The fourth-order valence-electron chi connectivity index (χ4n) is 3.43. The van der Waals surface area contributed by atoms with Crippen LogP contribution < -0.4 is 0 Å². The van der Waals surface area contributed by atoms with Crippen molar-refractivity contribution in [2.45, 2.75) is 19.3 Å². The van der Waals surface area contributed by atoms with Gasteiger partial charge in [-0.1, -0.05) is 42.5 Å². The molecule has 27 heavy (non-hydrogen) atoms. The number of esters is 1. The summed E-state index contributed by atoms with van der Waals surface area (Å²) >= 11 is 0. The van der Waals surface area contributed by atoms with Crippen LogP contribution in [0.2, 0.25) is 0 Å². The summed E-state index contributed by atoms with van der Waals surface area (Å²) in [7, 11) is 1.36. The third kappa shape index (κ3) is 5.30. The number of amides is 1. The van der Waals surface area contributed by atoms with E-state index in [4.69, 9.17) is 0 Å². The molecule has 0 aliphatic carbocycles. The molecule has 0 radical (unpaired) electrons. The summed E-state index contributed by atoms with van der Waals surface area (Å²) < 4.78 is 4.68. The van der Waals surface area contributed by atoms with E-state index >= 15 is 0 Å². The highest BCUT2D eigenvalue weighted by atomic mass is 16.5. The average molecular weight is 363 g/mol. The third-order valence-electron chi connectivity index (χ3n) is 5.04. The number of ether oxygens (including phenoxy) is 1. The molecule has 4 nitrogen and oxygen atoms in total. The Morgan fingerprint density at radius 3 is 2.33 bits per heavy atom. The minimum Gasteiger partial charge on any atom is -0.465 e. The zero-order valence-corrected chi connectivity index (χ0v) is 15.6. The van der Waals surface area contributed by atoms with Crippen LogP contribution >= 0.6 is 0 Å². The lowest BCUT2D eigenvalue weighted by atomic mass is 9.90. The number of hydrogen-bond donors (Lipinski definition) is 0. The van der Waals surface area contributed by atoms with Gasteiger partial charge in [0.1, 0.15) is 0 Å². The predicted octanol–water partition coefficient (Wildman–Crippen LogP) is 3.97. The molecular weight excluding hydrogens is 338 g/mol. The molecule has 1 aliphatic heterocycles. The van der Waals surface area contributed by atoms with Crippen molar-refractivity contribution in [2.24, 2.45) is 5.92 Å². The Kier molecular flexibility index (Phi) is 6.42. The Hall–Kier alpha value is -2.88. The second kappa shape index (κ2) is 9.17. The van der Waals surface area contributed by atoms with Gasteiger partial charge in [0.05, 0.1) is 12.7 Å². The Morgan fingerprint density at radius 2 is 1.70 bits per heavy atom. The van der Waals surface area contributed by atoms with E-state index in [1.165, 1.54) is 12.7 Å². The van der Waals surface area contributed by atoms with E-state index in [2.05, 4.69) is 29.0 Å². The van der Waals surface area contributed by atoms with E-state index in [-0.39, 0.29) is 11.9 Å². The van der Waals surface area contributed by atoms with Gasteiger partial charge in [-0.05, 0) is 54.5 Å². The van der Waals surface area contributed by atoms with Crippen molar-refractivity contribution in [2.75, 3.05) is 20.2 Å². The van der Waals surface area contributed by atoms with Gasteiger partial charge < -0.3 is 9.64 Å². The predicted molar refractivity (Wildman–Crippen MR) is 106 cm³/mol. The molecular formula is C23H25NO3. The number of rotatable bonds is 5. The van der Waals surface area contributed by atoms with Gasteiger partial charge in [-0.15, -0.1) is 0 Å². The number of benzene rings is 2. The zero-order chi connectivity index (χ0) is 19.1. The molecule has 1 aliphatic rings. The second-order valence-electron chi connectivity index (χ2n) is 6.91. The Labute approximate surface area is 160 Å². The van der Waals surface area contributed by atoms with Crippen molar-refractivity contribution in [3.05, 3.63) is 77.4 Å². The van der Waals surface area contributed by atoms with Gasteiger partial charge in [-0.25, -0.2) is 4.79 Å². The summed E-state index contributed by atoms with van der Waals surface area (Å²) in [6, 6.07) is 17.6. The number of hydrogen-bond acceptors (Lipinski definition) is 3. The lowest BCUT2D eigenvalue weighted by molar-refractivity contribution is -0.127. The Balaban J connectivity index is 1.49. The number of methoxy groups -OCH3 is 1. The minimum atomic E-state index is -0.361. The zero-order valence-electron chi connectivity index (χ0n) is 15.6. The molecule has 0 saturated carbocycles. The van der Waals surface area contributed by atoms with E-state index in [0.29, 0.717) is 11.5 Å². The highest BCUT2D eigenvalue weighted by molar-refractivity contribution is 5.92. The number of nitrogens with zero attached hydrogens (tertiary/aromatic N) is 1. The van der Waals surface area contributed by atoms with Crippen LogP contribution in [0.1, 0.15) is 34.3 Å². The Bertz CT molecular complexity index is 788. The third-order valence-corrected chi connectivity index (χ3v) is 5.04. The summed E-state index contributed by atoms with van der Waals surface area (Å²) in [6.45, 7) is 1.61. The molecule has 4 heteroatoms. The van der Waals surface area contributed by atoms with E-state index in [0.717, 1.165) is 37.9 Å². The van der Waals surface area contributed by atoms with Crippen molar-refractivity contribution in [1.82, 2.24) is 4.90 Å². The van der Waals surface area contributed by atoms with Crippen molar-refractivity contribution < 1.29 is 14.3 Å². The lowest BCUT2D eigenvalue weighted by Crippen LogP contribution is -2.37. The van der Waals surface area contributed by atoms with Crippen molar-refractivity contribution in [1.29, 1.82) is 0 Å². The van der Waals surface area contributed by atoms with Gasteiger partial charge in [-0.3, -0.25) is 4.79 Å². The number of carbonyl (C=O) groups excluding carboxylic acids is 2. The molecule has 3 rings (SSSR count). The molecule has 1 heterocycles. The van der Waals surface area contributed by atoms with Crippen LogP contribution in [0.4, 0.5) is 0 Å². The molecule has 0 N–H and O–H groups in total. The normalized spacial score (nSPS) is 15.1. The van der Waals surface area contributed by atoms with Gasteiger partial charge >= 0.3 is 5.97 Å². The summed E-state index contributed by atoms with van der Waals surface area (Å²) in [6.07, 6.45) is 6.58. The Morgan fingerprint density at radius 1 is 1.04 bits per heavy atom. The van der Waals surface area contributed by atoms with Crippen LogP contribution in [0.5, 0.6) is 0 Å². The smallest absolute Gasteiger partial charge is 0.337 e. The van der Waals surface area contributed by atoms with Gasteiger partial charge in [0.25, 0.3) is 0 Å². The summed E-state index contributed by atoms with van der Waals surface area (Å²) in [5, 5.41) is 0. The summed E-state index contributed by atoms with van der Waals surface area (Å²) in [5.41, 5.74) is 2.76. The summed E-state index contributed by atoms with van der Waals surface area (Å²) in [4.78, 5) is 25.8. The molecule has 0 bridgehead atoms. The van der Waals surface area contributed by atoms with E-state index in [1.807, 2.05) is 23.1 Å². The first kappa shape index (κ1) is 18.9. The molecule has 140 valence electrons. The van der Waals surface area contributed by atoms with Crippen molar-refractivity contribution >= 4 is 18.0 Å². The van der Waals surface area contributed by atoms with Crippen LogP contribution in [0.3, 0.4) is 0 Å².